The topological polar surface area (TPSA) is 78.1 Å². The number of benzene rings is 1. The van der Waals surface area contributed by atoms with E-state index in [0.717, 1.165) is 29.9 Å². The van der Waals surface area contributed by atoms with Crippen molar-refractivity contribution in [2.45, 2.75) is 44.7 Å². The van der Waals surface area contributed by atoms with Crippen LogP contribution < -0.4 is 0 Å². The molecule has 1 atom stereocenters. The molecular formula is C27H28F2N6O2. The number of hydrogen-bond donors (Lipinski definition) is 0. The summed E-state index contributed by atoms with van der Waals surface area (Å²) in [6.07, 6.45) is 0.639. The number of amides is 1. The number of aryl methyl sites for hydroxylation is 1. The maximum Gasteiger partial charge on any atom is 0.266 e. The fourth-order valence-electron chi connectivity index (χ4n) is 5.59. The fraction of sp³-hybridized carbons (Fsp3) is 0.407. The summed E-state index contributed by atoms with van der Waals surface area (Å²) in [5, 5.41) is 4.91. The third-order valence-electron chi connectivity index (χ3n) is 7.47. The summed E-state index contributed by atoms with van der Waals surface area (Å²) in [4.78, 5) is 24.4. The Morgan fingerprint density at radius 1 is 1.08 bits per heavy atom. The van der Waals surface area contributed by atoms with Gasteiger partial charge in [-0.1, -0.05) is 12.1 Å². The van der Waals surface area contributed by atoms with Gasteiger partial charge in [-0.25, -0.2) is 18.7 Å². The molecule has 5 heterocycles. The molecule has 2 aliphatic rings. The van der Waals surface area contributed by atoms with Crippen molar-refractivity contribution in [1.29, 1.82) is 0 Å². The minimum absolute atomic E-state index is 0.0318. The van der Waals surface area contributed by atoms with Crippen LogP contribution in [0.4, 0.5) is 8.78 Å². The molecule has 1 aromatic carbocycles. The van der Waals surface area contributed by atoms with E-state index >= 15 is 0 Å². The number of hydrogen-bond acceptors (Lipinski definition) is 5. The van der Waals surface area contributed by atoms with Crippen LogP contribution in [-0.2, 0) is 23.1 Å². The highest BCUT2D eigenvalue weighted by molar-refractivity contribution is 5.96. The number of rotatable bonds is 4. The number of imidazole rings is 1. The highest BCUT2D eigenvalue weighted by Gasteiger charge is 2.36. The zero-order chi connectivity index (χ0) is 25.8. The molecule has 0 saturated carbocycles. The first-order valence-electron chi connectivity index (χ1n) is 12.5. The lowest BCUT2D eigenvalue weighted by atomic mass is 9.98. The van der Waals surface area contributed by atoms with Crippen molar-refractivity contribution < 1.29 is 18.3 Å². The van der Waals surface area contributed by atoms with Crippen molar-refractivity contribution in [2.24, 2.45) is 7.05 Å². The number of carbonyl (C=O) groups excluding carboxylic acids is 1. The van der Waals surface area contributed by atoms with Gasteiger partial charge in [0.25, 0.3) is 6.43 Å². The number of pyridine rings is 1. The minimum Gasteiger partial charge on any atom is -0.381 e. The zero-order valence-corrected chi connectivity index (χ0v) is 21.0. The fourth-order valence-corrected chi connectivity index (χ4v) is 5.59. The van der Waals surface area contributed by atoms with Crippen LogP contribution in [0, 0.1) is 0 Å². The molecule has 1 saturated heterocycles. The van der Waals surface area contributed by atoms with Crippen molar-refractivity contribution in [3.05, 3.63) is 53.6 Å². The summed E-state index contributed by atoms with van der Waals surface area (Å²) < 4.78 is 37.8. The summed E-state index contributed by atoms with van der Waals surface area (Å²) in [7, 11) is 3.53. The van der Waals surface area contributed by atoms with Gasteiger partial charge in [-0.3, -0.25) is 9.48 Å². The molecule has 0 aliphatic carbocycles. The highest BCUT2D eigenvalue weighted by Crippen LogP contribution is 2.41. The molecule has 0 bridgehead atoms. The van der Waals surface area contributed by atoms with E-state index < -0.39 is 12.5 Å². The van der Waals surface area contributed by atoms with Crippen molar-refractivity contribution in [1.82, 2.24) is 29.2 Å². The number of alkyl halides is 2. The second-order valence-electron chi connectivity index (χ2n) is 9.87. The Balaban J connectivity index is 1.58. The summed E-state index contributed by atoms with van der Waals surface area (Å²) in [6.45, 7) is 3.59. The first-order valence-corrected chi connectivity index (χ1v) is 12.5. The van der Waals surface area contributed by atoms with Crippen LogP contribution in [0.15, 0.2) is 36.5 Å². The number of aromatic nitrogens is 5. The van der Waals surface area contributed by atoms with Gasteiger partial charge in [-0.15, -0.1) is 0 Å². The monoisotopic (exact) mass is 506 g/mol. The Labute approximate surface area is 212 Å². The van der Waals surface area contributed by atoms with Crippen molar-refractivity contribution in [3.8, 4) is 22.6 Å². The van der Waals surface area contributed by atoms with Gasteiger partial charge in [-0.05, 0) is 38.0 Å². The maximum absolute atomic E-state index is 14.3. The first-order chi connectivity index (χ1) is 17.8. The van der Waals surface area contributed by atoms with Crippen LogP contribution in [0.3, 0.4) is 0 Å². The molecule has 10 heteroatoms. The lowest BCUT2D eigenvalue weighted by Gasteiger charge is -2.32. The largest absolute Gasteiger partial charge is 0.381 e. The molecule has 0 N–H and O–H groups in total. The van der Waals surface area contributed by atoms with Crippen molar-refractivity contribution >= 4 is 16.8 Å². The summed E-state index contributed by atoms with van der Waals surface area (Å²) in [5.74, 6) is 1.07. The number of halogens is 2. The van der Waals surface area contributed by atoms with E-state index in [2.05, 4.69) is 14.6 Å². The van der Waals surface area contributed by atoms with Crippen molar-refractivity contribution in [3.63, 3.8) is 0 Å². The smallest absolute Gasteiger partial charge is 0.266 e. The van der Waals surface area contributed by atoms with Gasteiger partial charge in [0.15, 0.2) is 0 Å². The third kappa shape index (κ3) is 3.90. The summed E-state index contributed by atoms with van der Waals surface area (Å²) in [5.41, 5.74) is 3.36. The van der Waals surface area contributed by atoms with Crippen LogP contribution in [0.25, 0.3) is 33.5 Å². The number of carbonyl (C=O) groups is 1. The molecule has 1 amide bonds. The zero-order valence-electron chi connectivity index (χ0n) is 21.0. The van der Waals surface area contributed by atoms with Gasteiger partial charge in [0.2, 0.25) is 5.91 Å². The third-order valence-corrected chi connectivity index (χ3v) is 7.47. The summed E-state index contributed by atoms with van der Waals surface area (Å²) >= 11 is 0. The Kier molecular flexibility index (Phi) is 5.78. The molecular weight excluding hydrogens is 478 g/mol. The van der Waals surface area contributed by atoms with E-state index in [4.69, 9.17) is 9.72 Å². The van der Waals surface area contributed by atoms with E-state index in [1.54, 1.807) is 35.9 Å². The minimum atomic E-state index is -2.72. The molecule has 0 radical (unpaired) electrons. The highest BCUT2D eigenvalue weighted by atomic mass is 19.3. The van der Waals surface area contributed by atoms with Gasteiger partial charge in [0.05, 0.1) is 23.4 Å². The van der Waals surface area contributed by atoms with E-state index in [0.29, 0.717) is 42.0 Å². The van der Waals surface area contributed by atoms with Gasteiger partial charge >= 0.3 is 0 Å². The van der Waals surface area contributed by atoms with Gasteiger partial charge in [0.1, 0.15) is 23.3 Å². The second-order valence-corrected chi connectivity index (χ2v) is 9.87. The Bertz CT molecular complexity index is 1500. The quantitative estimate of drug-likeness (QED) is 0.395. The SMILES string of the molecule is C[C@H]1C(=O)N(C)Cc2c(-c3cccc4nc(-c5ccn(C)n5)c(C(F)F)cc34)nc(C3CCOCC3)n21. The summed E-state index contributed by atoms with van der Waals surface area (Å²) in [6, 6.07) is 8.40. The normalized spacial score (nSPS) is 18.7. The number of ether oxygens (including phenoxy) is 1. The van der Waals surface area contributed by atoms with Gasteiger partial charge in [-0.2, -0.15) is 5.10 Å². The lowest BCUT2D eigenvalue weighted by molar-refractivity contribution is -0.135. The average molecular weight is 507 g/mol. The van der Waals surface area contributed by atoms with E-state index in [1.807, 2.05) is 25.1 Å². The molecule has 1 fully saturated rings. The predicted octanol–water partition coefficient (Wildman–Crippen LogP) is 4.86. The van der Waals surface area contributed by atoms with Gasteiger partial charge < -0.3 is 14.2 Å². The van der Waals surface area contributed by atoms with Gasteiger partial charge in [0, 0.05) is 55.9 Å². The maximum atomic E-state index is 14.3. The van der Waals surface area contributed by atoms with Crippen LogP contribution >= 0.6 is 0 Å². The number of fused-ring (bicyclic) bond motifs is 2. The molecule has 2 aliphatic heterocycles. The van der Waals surface area contributed by atoms with Crippen LogP contribution in [0.5, 0.6) is 0 Å². The van der Waals surface area contributed by atoms with Crippen molar-refractivity contribution in [2.75, 3.05) is 20.3 Å². The number of likely N-dealkylation sites (N-methyl/N-ethyl adjacent to an activating group) is 1. The second kappa shape index (κ2) is 9.02. The molecule has 3 aromatic heterocycles. The molecule has 0 spiro atoms. The Hall–Kier alpha value is -3.66. The van der Waals surface area contributed by atoms with E-state index in [-0.39, 0.29) is 23.1 Å². The Morgan fingerprint density at radius 3 is 2.57 bits per heavy atom. The molecule has 192 valence electrons. The molecule has 37 heavy (non-hydrogen) atoms. The molecule has 4 aromatic rings. The van der Waals surface area contributed by atoms with E-state index in [9.17, 15) is 13.6 Å². The van der Waals surface area contributed by atoms with E-state index in [1.165, 1.54) is 6.07 Å². The Morgan fingerprint density at radius 2 is 1.86 bits per heavy atom. The molecule has 8 nitrogen and oxygen atoms in total. The first kappa shape index (κ1) is 23.7. The molecule has 6 rings (SSSR count). The van der Waals surface area contributed by atoms with Crippen LogP contribution in [0.1, 0.15) is 55.2 Å². The number of nitrogens with zero attached hydrogens (tertiary/aromatic N) is 6. The standard InChI is InChI=1S/C27H28F2N6O2/c1-15-27(36)33(2)14-22-24(31-26(35(15)22)16-8-11-37-12-9-16)17-5-4-6-20-18(17)13-19(25(28)29)23(30-20)21-7-10-34(3)32-21/h4-7,10,13,15-16,25H,8-9,11-12,14H2,1-3H3/t15-/m0/s1. The lowest BCUT2D eigenvalue weighted by Crippen LogP contribution is -2.40. The predicted molar refractivity (Wildman–Crippen MR) is 134 cm³/mol. The van der Waals surface area contributed by atoms with Crippen LogP contribution in [-0.4, -0.2) is 55.4 Å². The molecule has 0 unspecified atom stereocenters. The average Bonchev–Trinajstić information content (AvgIpc) is 3.50. The van der Waals surface area contributed by atoms with Crippen LogP contribution in [0.2, 0.25) is 0 Å².